The van der Waals surface area contributed by atoms with E-state index in [4.69, 9.17) is 5.73 Å². The number of nitrogens with one attached hydrogen (secondary N) is 1. The molecule has 1 aromatic carbocycles. The minimum absolute atomic E-state index is 0.188. The van der Waals surface area contributed by atoms with Crippen molar-refractivity contribution in [3.05, 3.63) is 60.0 Å². The van der Waals surface area contributed by atoms with Gasteiger partial charge < -0.3 is 5.73 Å². The normalized spacial score (nSPS) is 10.7. The van der Waals surface area contributed by atoms with Crippen LogP contribution in [0.25, 0.3) is 33.6 Å². The fourth-order valence-corrected chi connectivity index (χ4v) is 3.20. The van der Waals surface area contributed by atoms with Crippen LogP contribution in [0.2, 0.25) is 0 Å². The van der Waals surface area contributed by atoms with Gasteiger partial charge in [-0.05, 0) is 13.0 Å². The molecule has 0 spiro atoms. The summed E-state index contributed by atoms with van der Waals surface area (Å²) in [7, 11) is 1.86. The fourth-order valence-electron chi connectivity index (χ4n) is 3.20. The largest absolute Gasteiger partial charge is 0.383 e. The van der Waals surface area contributed by atoms with Gasteiger partial charge in [0.25, 0.3) is 0 Å². The smallest absolute Gasteiger partial charge is 0.142 e. The van der Waals surface area contributed by atoms with E-state index in [0.29, 0.717) is 16.8 Å². The lowest BCUT2D eigenvalue weighted by Crippen LogP contribution is -2.00. The highest BCUT2D eigenvalue weighted by atomic mass is 15.2. The predicted octanol–water partition coefficient (Wildman–Crippen LogP) is 3.30. The van der Waals surface area contributed by atoms with Gasteiger partial charge in [-0.15, -0.1) is 0 Å². The van der Waals surface area contributed by atoms with Crippen LogP contribution in [0.15, 0.2) is 48.8 Å². The number of hydrogen-bond donors (Lipinski definition) is 2. The molecule has 7 heteroatoms. The van der Waals surface area contributed by atoms with Gasteiger partial charge in [-0.3, -0.25) is 9.78 Å². The number of aromatic nitrogens is 5. The topological polar surface area (TPSA) is 109 Å². The van der Waals surface area contributed by atoms with E-state index < -0.39 is 0 Å². The highest BCUT2D eigenvalue weighted by molar-refractivity contribution is 5.87. The Labute approximate surface area is 156 Å². The van der Waals surface area contributed by atoms with Gasteiger partial charge in [0.1, 0.15) is 17.5 Å². The molecule has 0 aliphatic carbocycles. The first kappa shape index (κ1) is 16.5. The molecule has 3 heterocycles. The van der Waals surface area contributed by atoms with Crippen molar-refractivity contribution in [1.29, 1.82) is 5.26 Å². The number of aromatic amines is 1. The van der Waals surface area contributed by atoms with Gasteiger partial charge in [0.05, 0.1) is 23.3 Å². The molecule has 0 unspecified atom stereocenters. The van der Waals surface area contributed by atoms with E-state index in [9.17, 15) is 5.26 Å². The zero-order chi connectivity index (χ0) is 19.0. The Kier molecular flexibility index (Phi) is 3.94. The Morgan fingerprint density at radius 3 is 2.59 bits per heavy atom. The quantitative estimate of drug-likeness (QED) is 0.586. The summed E-state index contributed by atoms with van der Waals surface area (Å²) < 4.78 is 1.73. The van der Waals surface area contributed by atoms with Crippen LogP contribution in [0.1, 0.15) is 11.3 Å². The van der Waals surface area contributed by atoms with Crippen LogP contribution < -0.4 is 5.73 Å². The maximum atomic E-state index is 9.66. The van der Waals surface area contributed by atoms with Crippen molar-refractivity contribution in [3.8, 4) is 39.7 Å². The SMILES string of the molecule is Cc1nn(C)cc1-c1cc(-c2cn[nH]c2-c2ccccc2)c(C#N)c(N)n1. The molecule has 0 atom stereocenters. The number of hydrogen-bond acceptors (Lipinski definition) is 5. The Balaban J connectivity index is 1.95. The highest BCUT2D eigenvalue weighted by Gasteiger charge is 2.19. The van der Waals surface area contributed by atoms with Crippen LogP contribution in [0, 0.1) is 18.3 Å². The fraction of sp³-hybridized carbons (Fsp3) is 0.100. The second-order valence-electron chi connectivity index (χ2n) is 6.25. The molecule has 4 rings (SSSR count). The number of pyridine rings is 1. The van der Waals surface area contributed by atoms with Gasteiger partial charge in [0, 0.05) is 35.5 Å². The molecular weight excluding hydrogens is 338 g/mol. The minimum Gasteiger partial charge on any atom is -0.383 e. The summed E-state index contributed by atoms with van der Waals surface area (Å²) >= 11 is 0. The number of aryl methyl sites for hydroxylation is 2. The maximum Gasteiger partial charge on any atom is 0.142 e. The molecule has 7 nitrogen and oxygen atoms in total. The van der Waals surface area contributed by atoms with Crippen molar-refractivity contribution in [3.63, 3.8) is 0 Å². The second-order valence-corrected chi connectivity index (χ2v) is 6.25. The predicted molar refractivity (Wildman–Crippen MR) is 103 cm³/mol. The molecule has 0 saturated heterocycles. The van der Waals surface area contributed by atoms with Crippen molar-refractivity contribution in [2.75, 3.05) is 5.73 Å². The number of nitrogens with zero attached hydrogens (tertiary/aromatic N) is 5. The van der Waals surface area contributed by atoms with Gasteiger partial charge in [0.2, 0.25) is 0 Å². The van der Waals surface area contributed by atoms with Crippen LogP contribution in [-0.2, 0) is 7.05 Å². The van der Waals surface area contributed by atoms with Gasteiger partial charge in [0.15, 0.2) is 0 Å². The Hall–Kier alpha value is -3.92. The third-order valence-corrected chi connectivity index (χ3v) is 4.44. The van der Waals surface area contributed by atoms with E-state index in [2.05, 4.69) is 26.3 Å². The van der Waals surface area contributed by atoms with E-state index in [1.807, 2.05) is 56.6 Å². The lowest BCUT2D eigenvalue weighted by molar-refractivity contribution is 0.756. The minimum atomic E-state index is 0.188. The van der Waals surface area contributed by atoms with Crippen molar-refractivity contribution >= 4 is 5.82 Å². The third kappa shape index (κ3) is 2.83. The van der Waals surface area contributed by atoms with Crippen LogP contribution in [-0.4, -0.2) is 25.0 Å². The van der Waals surface area contributed by atoms with E-state index >= 15 is 0 Å². The molecule has 0 aliphatic rings. The monoisotopic (exact) mass is 355 g/mol. The molecule has 4 aromatic rings. The summed E-state index contributed by atoms with van der Waals surface area (Å²) in [5.74, 6) is 0.188. The second kappa shape index (κ2) is 6.42. The Morgan fingerprint density at radius 2 is 1.93 bits per heavy atom. The highest BCUT2D eigenvalue weighted by Crippen LogP contribution is 2.36. The number of nitrogen functional groups attached to an aromatic ring is 1. The third-order valence-electron chi connectivity index (χ3n) is 4.44. The average molecular weight is 355 g/mol. The number of anilines is 1. The average Bonchev–Trinajstić information content (AvgIpc) is 3.28. The van der Waals surface area contributed by atoms with Crippen molar-refractivity contribution in [2.24, 2.45) is 7.05 Å². The van der Waals surface area contributed by atoms with Crippen molar-refractivity contribution < 1.29 is 0 Å². The first-order valence-corrected chi connectivity index (χ1v) is 8.39. The summed E-state index contributed by atoms with van der Waals surface area (Å²) in [6.07, 6.45) is 3.60. The van der Waals surface area contributed by atoms with Crippen LogP contribution in [0.3, 0.4) is 0 Å². The zero-order valence-electron chi connectivity index (χ0n) is 14.9. The van der Waals surface area contributed by atoms with Crippen molar-refractivity contribution in [1.82, 2.24) is 25.0 Å². The van der Waals surface area contributed by atoms with E-state index in [1.54, 1.807) is 10.9 Å². The lowest BCUT2D eigenvalue weighted by atomic mass is 9.96. The maximum absolute atomic E-state index is 9.66. The lowest BCUT2D eigenvalue weighted by Gasteiger charge is -2.10. The van der Waals surface area contributed by atoms with Gasteiger partial charge in [-0.1, -0.05) is 30.3 Å². The Bertz CT molecular complexity index is 1160. The summed E-state index contributed by atoms with van der Waals surface area (Å²) in [6.45, 7) is 1.92. The summed E-state index contributed by atoms with van der Waals surface area (Å²) in [5, 5.41) is 21.3. The molecular formula is C20H17N7. The number of benzene rings is 1. The number of rotatable bonds is 3. The molecule has 3 N–H and O–H groups in total. The molecule has 0 saturated carbocycles. The van der Waals surface area contributed by atoms with E-state index in [1.165, 1.54) is 0 Å². The zero-order valence-corrected chi connectivity index (χ0v) is 14.9. The molecule has 27 heavy (non-hydrogen) atoms. The number of nitrogens with two attached hydrogens (primary N) is 1. The first-order chi connectivity index (χ1) is 13.1. The first-order valence-electron chi connectivity index (χ1n) is 8.39. The van der Waals surface area contributed by atoms with Gasteiger partial charge in [-0.2, -0.15) is 15.5 Å². The van der Waals surface area contributed by atoms with Crippen molar-refractivity contribution in [2.45, 2.75) is 6.92 Å². The molecule has 0 radical (unpaired) electrons. The molecule has 0 aliphatic heterocycles. The molecule has 132 valence electrons. The Morgan fingerprint density at radius 1 is 1.15 bits per heavy atom. The molecule has 0 amide bonds. The van der Waals surface area contributed by atoms with Crippen LogP contribution in [0.5, 0.6) is 0 Å². The van der Waals surface area contributed by atoms with Gasteiger partial charge in [-0.25, -0.2) is 4.98 Å². The standard InChI is InChI=1S/C20H17N7/c1-12-17(11-27(2)26-12)18-8-14(15(9-21)20(22)24-18)16-10-23-25-19(16)13-6-4-3-5-7-13/h3-8,10-11H,1-2H3,(H2,22,24)(H,23,25). The molecule has 3 aromatic heterocycles. The number of nitriles is 1. The van der Waals surface area contributed by atoms with E-state index in [-0.39, 0.29) is 5.82 Å². The van der Waals surface area contributed by atoms with Gasteiger partial charge >= 0.3 is 0 Å². The van der Waals surface area contributed by atoms with Crippen LogP contribution in [0.4, 0.5) is 5.82 Å². The summed E-state index contributed by atoms with van der Waals surface area (Å²) in [6, 6.07) is 13.9. The van der Waals surface area contributed by atoms with E-state index in [0.717, 1.165) is 28.1 Å². The summed E-state index contributed by atoms with van der Waals surface area (Å²) in [5.41, 5.74) is 12.1. The summed E-state index contributed by atoms with van der Waals surface area (Å²) in [4.78, 5) is 4.43. The van der Waals surface area contributed by atoms with Crippen LogP contribution >= 0.6 is 0 Å². The molecule has 0 fully saturated rings. The number of H-pyrrole nitrogens is 1. The molecule has 0 bridgehead atoms.